The molecule has 0 aromatic heterocycles. The van der Waals surface area contributed by atoms with E-state index in [1.165, 1.54) is 29.0 Å². The van der Waals surface area contributed by atoms with Crippen LogP contribution in [-0.4, -0.2) is 37.0 Å². The summed E-state index contributed by atoms with van der Waals surface area (Å²) in [4.78, 5) is 4.16. The molecule has 1 aromatic carbocycles. The van der Waals surface area contributed by atoms with Crippen LogP contribution < -0.4 is 4.72 Å². The van der Waals surface area contributed by atoms with Gasteiger partial charge in [-0.25, -0.2) is 13.2 Å². The maximum atomic E-state index is 14.3. The highest BCUT2D eigenvalue weighted by molar-refractivity contribution is 7.90. The highest BCUT2D eigenvalue weighted by Gasteiger charge is 2.74. The van der Waals surface area contributed by atoms with E-state index >= 15 is 0 Å². The van der Waals surface area contributed by atoms with Crippen molar-refractivity contribution < 1.29 is 48.3 Å². The van der Waals surface area contributed by atoms with E-state index in [1.807, 2.05) is 0 Å². The summed E-state index contributed by atoms with van der Waals surface area (Å²) in [6, 6.07) is 5.73. The van der Waals surface area contributed by atoms with E-state index in [2.05, 4.69) is 21.3 Å². The molecule has 5 nitrogen and oxygen atoms in total. The van der Waals surface area contributed by atoms with E-state index < -0.39 is 38.4 Å². The standard InChI is InChI=1S/C16H13ClF8N2O3S/c17-13(18,19)14(20,21)30-15(22,23)16(24,25)31(28,29)27-12-8-4-3-7-11(12)26-10-6-2-1-5-9(10)12/h1-2,5-6,27H,3-4,7-8H2. The topological polar surface area (TPSA) is 67.8 Å². The first-order valence-electron chi connectivity index (χ1n) is 8.58. The van der Waals surface area contributed by atoms with Crippen LogP contribution in [0.3, 0.4) is 0 Å². The summed E-state index contributed by atoms with van der Waals surface area (Å²) in [7, 11) is -6.50. The van der Waals surface area contributed by atoms with Crippen LogP contribution in [0.5, 0.6) is 0 Å². The predicted molar refractivity (Wildman–Crippen MR) is 92.5 cm³/mol. The smallest absolute Gasteiger partial charge is 0.255 e. The lowest BCUT2D eigenvalue weighted by Crippen LogP contribution is -2.62. The molecule has 1 fully saturated rings. The molecule has 1 aliphatic carbocycles. The molecule has 1 aliphatic heterocycles. The summed E-state index contributed by atoms with van der Waals surface area (Å²) in [6.45, 7) is 0. The lowest BCUT2D eigenvalue weighted by molar-refractivity contribution is -0.442. The molecule has 1 unspecified atom stereocenters. The monoisotopic (exact) mass is 500 g/mol. The second kappa shape index (κ2) is 7.25. The quantitative estimate of drug-likeness (QED) is 0.419. The lowest BCUT2D eigenvalue weighted by atomic mass is 9.77. The van der Waals surface area contributed by atoms with E-state index in [-0.39, 0.29) is 29.8 Å². The summed E-state index contributed by atoms with van der Waals surface area (Å²) in [5.74, 6) is 0. The number of sulfonamides is 1. The molecule has 15 heteroatoms. The minimum absolute atomic E-state index is 0.0705. The molecule has 0 amide bonds. The van der Waals surface area contributed by atoms with E-state index in [4.69, 9.17) is 0 Å². The Morgan fingerprint density at radius 2 is 1.61 bits per heavy atom. The first-order chi connectivity index (χ1) is 14.0. The molecule has 1 N–H and O–H groups in total. The fourth-order valence-corrected chi connectivity index (χ4v) is 4.76. The molecule has 1 aromatic rings. The number of nitrogens with zero attached hydrogens (tertiary/aromatic N) is 1. The lowest BCUT2D eigenvalue weighted by Gasteiger charge is -2.38. The van der Waals surface area contributed by atoms with Crippen LogP contribution >= 0.6 is 11.6 Å². The molecule has 1 heterocycles. The van der Waals surface area contributed by atoms with E-state index in [0.29, 0.717) is 12.8 Å². The number of benzene rings is 1. The molecule has 0 bridgehead atoms. The second-order valence-electron chi connectivity index (χ2n) is 6.94. The van der Waals surface area contributed by atoms with Gasteiger partial charge in [0.1, 0.15) is 0 Å². The van der Waals surface area contributed by atoms with Crippen LogP contribution in [0.2, 0.25) is 0 Å². The van der Waals surface area contributed by atoms with E-state index in [0.717, 1.165) is 0 Å². The van der Waals surface area contributed by atoms with Gasteiger partial charge in [0, 0.05) is 11.3 Å². The summed E-state index contributed by atoms with van der Waals surface area (Å²) in [6.07, 6.45) is -12.1. The number of hydrogen-bond acceptors (Lipinski definition) is 4. The molecule has 0 radical (unpaired) electrons. The van der Waals surface area contributed by atoms with Crippen molar-refractivity contribution >= 4 is 33.0 Å². The van der Waals surface area contributed by atoms with Crippen molar-refractivity contribution in [1.29, 1.82) is 0 Å². The number of rotatable bonds is 7. The largest absolute Gasteiger partial charge is 0.448 e. The van der Waals surface area contributed by atoms with Gasteiger partial charge in [-0.3, -0.25) is 4.99 Å². The molecule has 1 saturated carbocycles. The molecule has 2 aliphatic rings. The van der Waals surface area contributed by atoms with Crippen LogP contribution in [0.25, 0.3) is 0 Å². The van der Waals surface area contributed by atoms with Crippen molar-refractivity contribution in [3.8, 4) is 0 Å². The van der Waals surface area contributed by atoms with Gasteiger partial charge in [0.25, 0.3) is 10.0 Å². The first-order valence-corrected chi connectivity index (χ1v) is 10.4. The fraction of sp³-hybridized carbons (Fsp3) is 0.562. The zero-order valence-corrected chi connectivity index (χ0v) is 16.7. The normalized spacial score (nSPS) is 22.7. The van der Waals surface area contributed by atoms with Crippen molar-refractivity contribution in [2.75, 3.05) is 0 Å². The fourth-order valence-electron chi connectivity index (χ4n) is 3.45. The maximum absolute atomic E-state index is 14.3. The Kier molecular flexibility index (Phi) is 5.65. The molecular weight excluding hydrogens is 488 g/mol. The van der Waals surface area contributed by atoms with Gasteiger partial charge in [0.2, 0.25) is 0 Å². The van der Waals surface area contributed by atoms with E-state index in [1.54, 1.807) is 0 Å². The minimum Gasteiger partial charge on any atom is -0.255 e. The van der Waals surface area contributed by atoms with Crippen molar-refractivity contribution in [3.63, 3.8) is 0 Å². The third-order valence-electron chi connectivity index (χ3n) is 4.90. The molecule has 1 atom stereocenters. The Hall–Kier alpha value is -1.51. The summed E-state index contributed by atoms with van der Waals surface area (Å²) in [5, 5.41) is -12.2. The Balaban J connectivity index is 2.00. The molecule has 31 heavy (non-hydrogen) atoms. The Labute approximate surface area is 175 Å². The zero-order valence-electron chi connectivity index (χ0n) is 15.1. The second-order valence-corrected chi connectivity index (χ2v) is 9.14. The van der Waals surface area contributed by atoms with Crippen molar-refractivity contribution in [1.82, 2.24) is 4.72 Å². The molecule has 174 valence electrons. The zero-order chi connectivity index (χ0) is 23.5. The van der Waals surface area contributed by atoms with Gasteiger partial charge in [-0.2, -0.15) is 39.8 Å². The van der Waals surface area contributed by atoms with Crippen LogP contribution in [-0.2, 0) is 20.3 Å². The third-order valence-corrected chi connectivity index (χ3v) is 6.65. The van der Waals surface area contributed by atoms with Gasteiger partial charge in [0.15, 0.2) is 0 Å². The van der Waals surface area contributed by atoms with Gasteiger partial charge >= 0.3 is 22.9 Å². The highest BCUT2D eigenvalue weighted by atomic mass is 35.5. The number of fused-ring (bicyclic) bond motifs is 3. The van der Waals surface area contributed by atoms with Crippen LogP contribution in [0, 0.1) is 0 Å². The van der Waals surface area contributed by atoms with Gasteiger partial charge in [0.05, 0.1) is 11.2 Å². The first kappa shape index (κ1) is 24.1. The number of aliphatic imine (C=N–C) groups is 1. The van der Waals surface area contributed by atoms with Crippen LogP contribution in [0.4, 0.5) is 40.8 Å². The molecule has 0 saturated heterocycles. The minimum atomic E-state index is -6.58. The molecular formula is C16H13ClF8N2O3S. The number of halogens is 9. The molecule has 3 rings (SSSR count). The summed E-state index contributed by atoms with van der Waals surface area (Å²) in [5.41, 5.74) is -1.54. The molecule has 0 spiro atoms. The summed E-state index contributed by atoms with van der Waals surface area (Å²) < 4.78 is 136. The Bertz CT molecular complexity index is 1010. The van der Waals surface area contributed by atoms with E-state index in [9.17, 15) is 43.5 Å². The van der Waals surface area contributed by atoms with Gasteiger partial charge in [-0.1, -0.05) is 24.6 Å². The maximum Gasteiger partial charge on any atom is 0.448 e. The number of alkyl halides is 9. The van der Waals surface area contributed by atoms with Crippen molar-refractivity contribution in [2.45, 2.75) is 54.1 Å². The van der Waals surface area contributed by atoms with Crippen LogP contribution in [0.1, 0.15) is 31.2 Å². The van der Waals surface area contributed by atoms with Crippen LogP contribution in [0.15, 0.2) is 29.3 Å². The van der Waals surface area contributed by atoms with Gasteiger partial charge < -0.3 is 0 Å². The Morgan fingerprint density at radius 3 is 2.23 bits per heavy atom. The van der Waals surface area contributed by atoms with Crippen molar-refractivity contribution in [2.24, 2.45) is 4.99 Å². The van der Waals surface area contributed by atoms with Gasteiger partial charge in [-0.05, 0) is 36.9 Å². The SMILES string of the molecule is O=S(=O)(NC12CCCCC1=Nc1ccccc12)C(F)(F)C(F)(F)OC(F)(F)C(F)(F)Cl. The van der Waals surface area contributed by atoms with Crippen molar-refractivity contribution in [3.05, 3.63) is 29.8 Å². The average molecular weight is 501 g/mol. The van der Waals surface area contributed by atoms with Gasteiger partial charge in [-0.15, -0.1) is 0 Å². The number of hydrogen-bond donors (Lipinski definition) is 1. The number of ether oxygens (including phenoxy) is 1. The number of nitrogens with one attached hydrogen (secondary N) is 1. The highest BCUT2D eigenvalue weighted by Crippen LogP contribution is 2.50. The third kappa shape index (κ3) is 3.80. The Morgan fingerprint density at radius 1 is 1.00 bits per heavy atom. The summed E-state index contributed by atoms with van der Waals surface area (Å²) >= 11 is 3.91. The predicted octanol–water partition coefficient (Wildman–Crippen LogP) is 5.09. The number of para-hydroxylation sites is 1. The average Bonchev–Trinajstić information content (AvgIpc) is 2.93.